The average Bonchev–Trinajstić information content (AvgIpc) is 2.54. The summed E-state index contributed by atoms with van der Waals surface area (Å²) < 4.78 is 6.04. The van der Waals surface area contributed by atoms with Crippen LogP contribution in [0.25, 0.3) is 0 Å². The summed E-state index contributed by atoms with van der Waals surface area (Å²) in [6, 6.07) is 13.4. The van der Waals surface area contributed by atoms with Gasteiger partial charge in [-0.1, -0.05) is 40.2 Å². The fraction of sp³-hybridized carbons (Fsp3) is 0.176. The van der Waals surface area contributed by atoms with Gasteiger partial charge in [-0.05, 0) is 29.8 Å². The predicted octanol–water partition coefficient (Wildman–Crippen LogP) is 2.28. The Hall–Kier alpha value is -2.34. The minimum absolute atomic E-state index is 0.263. The summed E-state index contributed by atoms with van der Waals surface area (Å²) in [5.41, 5.74) is 6.68. The van der Waals surface area contributed by atoms with E-state index in [1.807, 2.05) is 24.3 Å². The molecule has 0 aromatic heterocycles. The lowest BCUT2D eigenvalue weighted by atomic mass is 10.0. The molecule has 0 saturated heterocycles. The van der Waals surface area contributed by atoms with Gasteiger partial charge in [0.1, 0.15) is 11.8 Å². The highest BCUT2D eigenvalue weighted by Gasteiger charge is 2.21. The highest BCUT2D eigenvalue weighted by Crippen LogP contribution is 2.19. The molecule has 2 amide bonds. The van der Waals surface area contributed by atoms with Gasteiger partial charge in [0.2, 0.25) is 5.91 Å². The molecule has 0 radical (unpaired) electrons. The molecule has 0 heterocycles. The Kier molecular flexibility index (Phi) is 5.76. The maximum absolute atomic E-state index is 12.3. The largest absolute Gasteiger partial charge is 0.496 e. The minimum atomic E-state index is -0.821. The first kappa shape index (κ1) is 17.0. The maximum atomic E-state index is 12.3. The summed E-state index contributed by atoms with van der Waals surface area (Å²) in [5.74, 6) is -0.306. The smallest absolute Gasteiger partial charge is 0.251 e. The first-order chi connectivity index (χ1) is 11.0. The number of rotatable bonds is 6. The second-order valence-electron chi connectivity index (χ2n) is 4.95. The topological polar surface area (TPSA) is 81.4 Å². The Balaban J connectivity index is 2.16. The van der Waals surface area contributed by atoms with Gasteiger partial charge >= 0.3 is 0 Å². The third-order valence-corrected chi connectivity index (χ3v) is 3.85. The van der Waals surface area contributed by atoms with E-state index in [1.54, 1.807) is 31.4 Å². The third kappa shape index (κ3) is 4.56. The monoisotopic (exact) mass is 376 g/mol. The maximum Gasteiger partial charge on any atom is 0.251 e. The summed E-state index contributed by atoms with van der Waals surface area (Å²) in [6.07, 6.45) is 0.263. The lowest BCUT2D eigenvalue weighted by Gasteiger charge is -2.17. The van der Waals surface area contributed by atoms with Gasteiger partial charge in [-0.15, -0.1) is 0 Å². The van der Waals surface area contributed by atoms with Gasteiger partial charge < -0.3 is 15.8 Å². The zero-order valence-electron chi connectivity index (χ0n) is 12.6. The van der Waals surface area contributed by atoms with E-state index in [2.05, 4.69) is 21.2 Å². The molecule has 6 heteroatoms. The summed E-state index contributed by atoms with van der Waals surface area (Å²) in [4.78, 5) is 24.0. The van der Waals surface area contributed by atoms with Crippen molar-refractivity contribution in [3.63, 3.8) is 0 Å². The van der Waals surface area contributed by atoms with Crippen LogP contribution in [-0.4, -0.2) is 25.0 Å². The van der Waals surface area contributed by atoms with Gasteiger partial charge in [0.25, 0.3) is 5.91 Å². The number of hydrogen-bond donors (Lipinski definition) is 2. The number of para-hydroxylation sites is 1. The number of nitrogens with two attached hydrogens (primary N) is 1. The van der Waals surface area contributed by atoms with Crippen LogP contribution >= 0.6 is 15.9 Å². The summed E-state index contributed by atoms with van der Waals surface area (Å²) >= 11 is 3.31. The van der Waals surface area contributed by atoms with Crippen molar-refractivity contribution >= 4 is 27.7 Å². The summed E-state index contributed by atoms with van der Waals surface area (Å²) in [6.45, 7) is 0. The highest BCUT2D eigenvalue weighted by molar-refractivity contribution is 9.10. The number of halogens is 1. The van der Waals surface area contributed by atoms with Crippen LogP contribution < -0.4 is 15.8 Å². The Morgan fingerprint density at radius 1 is 1.22 bits per heavy atom. The van der Waals surface area contributed by atoms with Crippen LogP contribution in [-0.2, 0) is 11.2 Å². The Morgan fingerprint density at radius 3 is 2.61 bits per heavy atom. The van der Waals surface area contributed by atoms with Gasteiger partial charge in [0.05, 0.1) is 7.11 Å². The zero-order chi connectivity index (χ0) is 16.8. The van der Waals surface area contributed by atoms with E-state index in [0.29, 0.717) is 11.3 Å². The van der Waals surface area contributed by atoms with Crippen molar-refractivity contribution < 1.29 is 14.3 Å². The summed E-state index contributed by atoms with van der Waals surface area (Å²) in [7, 11) is 1.55. The van der Waals surface area contributed by atoms with Crippen LogP contribution in [0.1, 0.15) is 15.9 Å². The number of hydrogen-bond acceptors (Lipinski definition) is 3. The fourth-order valence-corrected chi connectivity index (χ4v) is 2.58. The molecule has 2 aromatic carbocycles. The quantitative estimate of drug-likeness (QED) is 0.811. The van der Waals surface area contributed by atoms with E-state index in [9.17, 15) is 9.59 Å². The van der Waals surface area contributed by atoms with E-state index in [1.165, 1.54) is 0 Å². The van der Waals surface area contributed by atoms with Crippen LogP contribution in [0.5, 0.6) is 5.75 Å². The van der Waals surface area contributed by atoms with Crippen molar-refractivity contribution in [2.75, 3.05) is 7.11 Å². The van der Waals surface area contributed by atoms with Gasteiger partial charge in [-0.3, -0.25) is 9.59 Å². The van der Waals surface area contributed by atoms with Gasteiger partial charge in [0.15, 0.2) is 0 Å². The fourth-order valence-electron chi connectivity index (χ4n) is 2.19. The minimum Gasteiger partial charge on any atom is -0.496 e. The van der Waals surface area contributed by atoms with Crippen LogP contribution in [0, 0.1) is 0 Å². The normalized spacial score (nSPS) is 11.6. The molecule has 0 bridgehead atoms. The standard InChI is InChI=1S/C17H17BrN2O3/c1-23-15-8-3-2-5-11(15)10-14(16(19)21)20-17(22)12-6-4-7-13(18)9-12/h2-9,14H,10H2,1H3,(H2,19,21)(H,20,22)/t14-/m1/s1. The van der Waals surface area contributed by atoms with Crippen LogP contribution in [0.2, 0.25) is 0 Å². The molecule has 0 fully saturated rings. The number of amides is 2. The van der Waals surface area contributed by atoms with Gasteiger partial charge in [0, 0.05) is 16.5 Å². The SMILES string of the molecule is COc1ccccc1C[C@@H](NC(=O)c1cccc(Br)c1)C(N)=O. The molecule has 0 saturated carbocycles. The summed E-state index contributed by atoms with van der Waals surface area (Å²) in [5, 5.41) is 2.67. The number of ether oxygens (including phenoxy) is 1. The number of carbonyl (C=O) groups is 2. The van der Waals surface area contributed by atoms with Crippen molar-refractivity contribution in [2.45, 2.75) is 12.5 Å². The van der Waals surface area contributed by atoms with Crippen molar-refractivity contribution in [3.05, 3.63) is 64.1 Å². The molecular weight excluding hydrogens is 360 g/mol. The van der Waals surface area contributed by atoms with Crippen LogP contribution in [0.4, 0.5) is 0 Å². The predicted molar refractivity (Wildman–Crippen MR) is 91.3 cm³/mol. The van der Waals surface area contributed by atoms with Gasteiger partial charge in [-0.2, -0.15) is 0 Å². The molecular formula is C17H17BrN2O3. The van der Waals surface area contributed by atoms with Crippen molar-refractivity contribution in [1.29, 1.82) is 0 Å². The molecule has 23 heavy (non-hydrogen) atoms. The second kappa shape index (κ2) is 7.78. The van der Waals surface area contributed by atoms with E-state index in [4.69, 9.17) is 10.5 Å². The first-order valence-corrected chi connectivity index (χ1v) is 7.78. The highest BCUT2D eigenvalue weighted by atomic mass is 79.9. The number of benzene rings is 2. The van der Waals surface area contributed by atoms with E-state index >= 15 is 0 Å². The number of carbonyl (C=O) groups excluding carboxylic acids is 2. The van der Waals surface area contributed by atoms with Crippen molar-refractivity contribution in [2.24, 2.45) is 5.73 Å². The number of nitrogens with one attached hydrogen (secondary N) is 1. The van der Waals surface area contributed by atoms with Crippen molar-refractivity contribution in [3.8, 4) is 5.75 Å². The first-order valence-electron chi connectivity index (χ1n) is 6.99. The van der Waals surface area contributed by atoms with Crippen LogP contribution in [0.15, 0.2) is 53.0 Å². The molecule has 1 atom stereocenters. The third-order valence-electron chi connectivity index (χ3n) is 3.35. The molecule has 5 nitrogen and oxygen atoms in total. The van der Waals surface area contributed by atoms with Crippen LogP contribution in [0.3, 0.4) is 0 Å². The zero-order valence-corrected chi connectivity index (χ0v) is 14.2. The second-order valence-corrected chi connectivity index (χ2v) is 5.87. The molecule has 0 aliphatic carbocycles. The molecule has 2 aromatic rings. The lowest BCUT2D eigenvalue weighted by molar-refractivity contribution is -0.119. The van der Waals surface area contributed by atoms with E-state index in [-0.39, 0.29) is 12.3 Å². The van der Waals surface area contributed by atoms with E-state index in [0.717, 1.165) is 10.0 Å². The lowest BCUT2D eigenvalue weighted by Crippen LogP contribution is -2.45. The molecule has 0 spiro atoms. The van der Waals surface area contributed by atoms with Gasteiger partial charge in [-0.25, -0.2) is 0 Å². The Labute approximate surface area is 143 Å². The molecule has 120 valence electrons. The van der Waals surface area contributed by atoms with E-state index < -0.39 is 11.9 Å². The Morgan fingerprint density at radius 2 is 1.96 bits per heavy atom. The molecule has 0 aliphatic heterocycles. The molecule has 0 aliphatic rings. The molecule has 3 N–H and O–H groups in total. The van der Waals surface area contributed by atoms with Crippen molar-refractivity contribution in [1.82, 2.24) is 5.32 Å². The Bertz CT molecular complexity index is 718. The number of methoxy groups -OCH3 is 1. The molecule has 2 rings (SSSR count). The molecule has 0 unspecified atom stereocenters. The number of primary amides is 1. The average molecular weight is 377 g/mol.